The molecule has 1 saturated carbocycles. The fraction of sp³-hybridized carbons (Fsp3) is 0.556. The Morgan fingerprint density at radius 3 is 2.59 bits per heavy atom. The van der Waals surface area contributed by atoms with Crippen LogP contribution >= 0.6 is 0 Å². The van der Waals surface area contributed by atoms with Crippen molar-refractivity contribution in [3.05, 3.63) is 28.8 Å². The van der Waals surface area contributed by atoms with Crippen molar-refractivity contribution < 1.29 is 14.7 Å². The van der Waals surface area contributed by atoms with E-state index >= 15 is 0 Å². The Hall–Kier alpha value is -1.84. The van der Waals surface area contributed by atoms with Crippen LogP contribution in [0.4, 0.5) is 5.69 Å². The molecule has 0 saturated heterocycles. The average Bonchev–Trinajstić information content (AvgIpc) is 2.96. The zero-order chi connectivity index (χ0) is 15.9. The lowest BCUT2D eigenvalue weighted by atomic mass is 9.93. The summed E-state index contributed by atoms with van der Waals surface area (Å²) < 4.78 is 0. The van der Waals surface area contributed by atoms with E-state index in [0.29, 0.717) is 19.3 Å². The van der Waals surface area contributed by atoms with Gasteiger partial charge in [0.1, 0.15) is 0 Å². The Labute approximate surface area is 131 Å². The molecule has 0 spiro atoms. The first kappa shape index (κ1) is 15.1. The highest BCUT2D eigenvalue weighted by Crippen LogP contribution is 2.37. The van der Waals surface area contributed by atoms with E-state index in [9.17, 15) is 9.59 Å². The van der Waals surface area contributed by atoms with Crippen molar-refractivity contribution >= 4 is 17.6 Å². The number of nitrogens with zero attached hydrogens (tertiary/aromatic N) is 1. The molecule has 118 valence electrons. The van der Waals surface area contributed by atoms with Gasteiger partial charge in [-0.2, -0.15) is 0 Å². The minimum atomic E-state index is -0.763. The second kappa shape index (κ2) is 5.75. The summed E-state index contributed by atoms with van der Waals surface area (Å²) in [7, 11) is 0. The lowest BCUT2D eigenvalue weighted by molar-refractivity contribution is -0.141. The maximum Gasteiger partial charge on any atom is 0.306 e. The van der Waals surface area contributed by atoms with Crippen LogP contribution in [0, 0.1) is 25.7 Å². The van der Waals surface area contributed by atoms with Gasteiger partial charge < -0.3 is 10.0 Å². The average molecular weight is 301 g/mol. The molecule has 3 rings (SSSR count). The number of carbonyl (C=O) groups is 2. The summed E-state index contributed by atoms with van der Waals surface area (Å²) in [6.45, 7) is 4.92. The van der Waals surface area contributed by atoms with Crippen LogP contribution < -0.4 is 4.90 Å². The largest absolute Gasteiger partial charge is 0.481 e. The van der Waals surface area contributed by atoms with E-state index in [4.69, 9.17) is 5.11 Å². The Kier molecular flexibility index (Phi) is 3.94. The minimum Gasteiger partial charge on any atom is -0.481 e. The van der Waals surface area contributed by atoms with Gasteiger partial charge in [-0.15, -0.1) is 0 Å². The lowest BCUT2D eigenvalue weighted by Crippen LogP contribution is -2.39. The summed E-state index contributed by atoms with van der Waals surface area (Å²) >= 11 is 0. The normalized spacial score (nSPS) is 24.2. The predicted octanol–water partition coefficient (Wildman–Crippen LogP) is 3.08. The van der Waals surface area contributed by atoms with Gasteiger partial charge in [-0.3, -0.25) is 9.59 Å². The Bertz CT molecular complexity index is 623. The number of anilines is 1. The van der Waals surface area contributed by atoms with Crippen LogP contribution in [-0.2, 0) is 16.0 Å². The third-order valence-corrected chi connectivity index (χ3v) is 5.09. The van der Waals surface area contributed by atoms with E-state index in [1.54, 1.807) is 0 Å². The van der Waals surface area contributed by atoms with Gasteiger partial charge >= 0.3 is 5.97 Å². The maximum atomic E-state index is 12.9. The number of aliphatic carboxylic acids is 1. The van der Waals surface area contributed by atoms with Crippen molar-refractivity contribution in [2.24, 2.45) is 11.8 Å². The van der Waals surface area contributed by atoms with Crippen LogP contribution in [-0.4, -0.2) is 23.5 Å². The van der Waals surface area contributed by atoms with E-state index < -0.39 is 5.97 Å². The first-order chi connectivity index (χ1) is 10.5. The fourth-order valence-electron chi connectivity index (χ4n) is 3.95. The number of rotatable bonds is 2. The summed E-state index contributed by atoms with van der Waals surface area (Å²) in [5.74, 6) is -1.12. The van der Waals surface area contributed by atoms with Crippen LogP contribution in [0.2, 0.25) is 0 Å². The molecular weight excluding hydrogens is 278 g/mol. The van der Waals surface area contributed by atoms with Crippen LogP contribution in [0.25, 0.3) is 0 Å². The molecule has 4 heteroatoms. The Morgan fingerprint density at radius 1 is 1.18 bits per heavy atom. The molecule has 2 atom stereocenters. The number of carboxylic acid groups (broad SMARTS) is 1. The lowest BCUT2D eigenvalue weighted by Gasteiger charge is -2.33. The van der Waals surface area contributed by atoms with E-state index in [-0.39, 0.29) is 17.7 Å². The summed E-state index contributed by atoms with van der Waals surface area (Å²) in [5.41, 5.74) is 4.75. The SMILES string of the molecule is Cc1cc(C)c2c(c1)N(C(=O)[C@@H]1CC[C@H](C(=O)O)C1)CCC2. The summed E-state index contributed by atoms with van der Waals surface area (Å²) in [6.07, 6.45) is 3.82. The first-order valence-electron chi connectivity index (χ1n) is 8.11. The number of hydrogen-bond donors (Lipinski definition) is 1. The first-order valence-corrected chi connectivity index (χ1v) is 8.11. The summed E-state index contributed by atoms with van der Waals surface area (Å²) in [4.78, 5) is 25.9. The number of hydrogen-bond acceptors (Lipinski definition) is 2. The highest BCUT2D eigenvalue weighted by Gasteiger charge is 2.37. The molecule has 1 amide bonds. The van der Waals surface area contributed by atoms with E-state index in [1.807, 2.05) is 4.90 Å². The molecule has 1 N–H and O–H groups in total. The summed E-state index contributed by atoms with van der Waals surface area (Å²) in [5, 5.41) is 9.13. The molecule has 0 aromatic heterocycles. The predicted molar refractivity (Wildman–Crippen MR) is 85.1 cm³/mol. The van der Waals surface area contributed by atoms with Crippen molar-refractivity contribution in [1.82, 2.24) is 0 Å². The molecule has 22 heavy (non-hydrogen) atoms. The third kappa shape index (κ3) is 2.62. The molecule has 1 fully saturated rings. The van der Waals surface area contributed by atoms with Gasteiger partial charge in [0.25, 0.3) is 0 Å². The quantitative estimate of drug-likeness (QED) is 0.913. The number of benzene rings is 1. The molecular formula is C18H23NO3. The Morgan fingerprint density at radius 2 is 1.91 bits per heavy atom. The van der Waals surface area contributed by atoms with Crippen molar-refractivity contribution in [2.75, 3.05) is 11.4 Å². The molecule has 4 nitrogen and oxygen atoms in total. The van der Waals surface area contributed by atoms with Gasteiger partial charge in [-0.25, -0.2) is 0 Å². The molecule has 1 aliphatic carbocycles. The second-order valence-electron chi connectivity index (χ2n) is 6.72. The molecule has 0 radical (unpaired) electrons. The molecule has 0 bridgehead atoms. The third-order valence-electron chi connectivity index (χ3n) is 5.09. The van der Waals surface area contributed by atoms with Crippen LogP contribution in [0.15, 0.2) is 12.1 Å². The number of amides is 1. The van der Waals surface area contributed by atoms with Gasteiger partial charge in [-0.05, 0) is 68.7 Å². The molecule has 1 aromatic rings. The fourth-order valence-corrected chi connectivity index (χ4v) is 3.95. The van der Waals surface area contributed by atoms with Crippen molar-refractivity contribution in [3.8, 4) is 0 Å². The van der Waals surface area contributed by atoms with Crippen LogP contribution in [0.5, 0.6) is 0 Å². The van der Waals surface area contributed by atoms with Crippen molar-refractivity contribution in [2.45, 2.75) is 46.0 Å². The van der Waals surface area contributed by atoms with Crippen molar-refractivity contribution in [3.63, 3.8) is 0 Å². The van der Waals surface area contributed by atoms with Crippen molar-refractivity contribution in [1.29, 1.82) is 0 Å². The van der Waals surface area contributed by atoms with E-state index in [2.05, 4.69) is 26.0 Å². The van der Waals surface area contributed by atoms with E-state index in [0.717, 1.165) is 25.1 Å². The standard InChI is InChI=1S/C18H23NO3/c1-11-8-12(2)15-4-3-7-19(16(15)9-11)17(20)13-5-6-14(10-13)18(21)22/h8-9,13-14H,3-7,10H2,1-2H3,(H,21,22)/t13-,14+/m1/s1. The monoisotopic (exact) mass is 301 g/mol. The van der Waals surface area contributed by atoms with Gasteiger partial charge in [0, 0.05) is 18.2 Å². The smallest absolute Gasteiger partial charge is 0.306 e. The Balaban J connectivity index is 1.85. The number of carbonyl (C=O) groups excluding carboxylic acids is 1. The topological polar surface area (TPSA) is 57.6 Å². The number of aryl methyl sites for hydroxylation is 2. The zero-order valence-corrected chi connectivity index (χ0v) is 13.3. The second-order valence-corrected chi connectivity index (χ2v) is 6.72. The van der Waals surface area contributed by atoms with Crippen LogP contribution in [0.3, 0.4) is 0 Å². The molecule has 1 heterocycles. The molecule has 0 unspecified atom stereocenters. The van der Waals surface area contributed by atoms with Gasteiger partial charge in [0.2, 0.25) is 5.91 Å². The van der Waals surface area contributed by atoms with Gasteiger partial charge in [0.05, 0.1) is 5.92 Å². The molecule has 1 aliphatic heterocycles. The highest BCUT2D eigenvalue weighted by atomic mass is 16.4. The maximum absolute atomic E-state index is 12.9. The number of fused-ring (bicyclic) bond motifs is 1. The minimum absolute atomic E-state index is 0.120. The zero-order valence-electron chi connectivity index (χ0n) is 13.3. The highest BCUT2D eigenvalue weighted by molar-refractivity contribution is 5.97. The molecule has 1 aromatic carbocycles. The molecule has 2 aliphatic rings. The van der Waals surface area contributed by atoms with Gasteiger partial charge in [-0.1, -0.05) is 6.07 Å². The summed E-state index contributed by atoms with van der Waals surface area (Å²) in [6, 6.07) is 4.27. The van der Waals surface area contributed by atoms with Gasteiger partial charge in [0.15, 0.2) is 0 Å². The number of carboxylic acids is 1. The van der Waals surface area contributed by atoms with Crippen LogP contribution in [0.1, 0.15) is 42.4 Å². The van der Waals surface area contributed by atoms with E-state index in [1.165, 1.54) is 16.7 Å².